The van der Waals surface area contributed by atoms with E-state index in [0.717, 1.165) is 10.5 Å². The van der Waals surface area contributed by atoms with Crippen molar-refractivity contribution in [2.75, 3.05) is 0 Å². The van der Waals surface area contributed by atoms with E-state index in [0.29, 0.717) is 10.9 Å². The van der Waals surface area contributed by atoms with Gasteiger partial charge in [-0.3, -0.25) is 4.79 Å². The molecule has 3 nitrogen and oxygen atoms in total. The topological polar surface area (TPSA) is 45.8 Å². The molecule has 0 amide bonds. The van der Waals surface area contributed by atoms with E-state index in [4.69, 9.17) is 1.41 Å². The second kappa shape index (κ2) is 2.44. The predicted molar refractivity (Wildman–Crippen MR) is 47.1 cm³/mol. The van der Waals surface area contributed by atoms with Crippen molar-refractivity contribution < 1.29 is 1.41 Å². The molecule has 0 fully saturated rings. The molecule has 60 valence electrons. The van der Waals surface area contributed by atoms with Gasteiger partial charge in [0.1, 0.15) is 0 Å². The Balaban J connectivity index is 2.97. The monoisotopic (exact) mass is 161 g/mol. The summed E-state index contributed by atoms with van der Waals surface area (Å²) in [5.74, 6) is 0. The highest BCUT2D eigenvalue weighted by Gasteiger charge is 1.97. The highest BCUT2D eigenvalue weighted by atomic mass is 16.1. The van der Waals surface area contributed by atoms with Crippen LogP contribution in [-0.4, -0.2) is 9.96 Å². The first kappa shape index (κ1) is 5.94. The lowest BCUT2D eigenvalue weighted by atomic mass is 10.2. The molecule has 0 aliphatic rings. The Morgan fingerprint density at radius 3 is 3.25 bits per heavy atom. The average molecular weight is 161 g/mol. The van der Waals surface area contributed by atoms with Crippen molar-refractivity contribution in [1.82, 2.24) is 9.96 Å². The Bertz CT molecular complexity index is 513. The van der Waals surface area contributed by atoms with Gasteiger partial charge >= 0.3 is 0 Å². The van der Waals surface area contributed by atoms with E-state index < -0.39 is 0 Å². The second-order valence-electron chi connectivity index (χ2n) is 2.70. The summed E-state index contributed by atoms with van der Waals surface area (Å²) in [5.41, 5.74) is 1.31. The molecule has 0 unspecified atom stereocenters. The number of H-pyrrole nitrogens is 1. The van der Waals surface area contributed by atoms with Crippen molar-refractivity contribution in [2.24, 2.45) is 0 Å². The Hall–Kier alpha value is -1.64. The van der Waals surface area contributed by atoms with Crippen LogP contribution in [0.1, 0.15) is 5.56 Å². The molecule has 1 aromatic carbocycles. The molecule has 2 rings (SSSR count). The fraction of sp³-hybridized carbons (Fsp3) is 0.111. The maximum Gasteiger partial charge on any atom is 0.258 e. The van der Waals surface area contributed by atoms with Crippen molar-refractivity contribution >= 4 is 10.9 Å². The molecule has 3 heteroatoms. The summed E-state index contributed by atoms with van der Waals surface area (Å²) < 4.78 is 7.21. The lowest BCUT2D eigenvalue weighted by molar-refractivity contribution is 1.17. The maximum atomic E-state index is 11.4. The maximum absolute atomic E-state index is 11.4. The van der Waals surface area contributed by atoms with Gasteiger partial charge in [-0.15, -0.1) is 0 Å². The quantitative estimate of drug-likeness (QED) is 0.631. The number of aromatic amines is 1. The van der Waals surface area contributed by atoms with Gasteiger partial charge in [-0.25, -0.2) is 4.98 Å². The van der Waals surface area contributed by atoms with Crippen LogP contribution in [0.5, 0.6) is 0 Å². The van der Waals surface area contributed by atoms with Crippen molar-refractivity contribution in [1.29, 1.82) is 0 Å². The number of rotatable bonds is 0. The highest BCUT2D eigenvalue weighted by molar-refractivity contribution is 5.77. The summed E-state index contributed by atoms with van der Waals surface area (Å²) in [6.45, 7) is 1.90. The molecular formula is C9H8N2O. The fourth-order valence-electron chi connectivity index (χ4n) is 1.15. The smallest absolute Gasteiger partial charge is 0.258 e. The van der Waals surface area contributed by atoms with Crippen molar-refractivity contribution in [3.8, 4) is 0 Å². The summed E-state index contributed by atoms with van der Waals surface area (Å²) in [4.78, 5) is 16.1. The van der Waals surface area contributed by atoms with Gasteiger partial charge in [-0.2, -0.15) is 0 Å². The number of nitrogens with one attached hydrogen (secondary N) is 1. The summed E-state index contributed by atoms with van der Waals surface area (Å²) in [6, 6.07) is 5.42. The van der Waals surface area contributed by atoms with Gasteiger partial charge in [0.15, 0.2) is 1.41 Å². The first-order chi connectivity index (χ1) is 6.18. The fourth-order valence-corrected chi connectivity index (χ4v) is 1.15. The lowest BCUT2D eigenvalue weighted by Gasteiger charge is -1.95. The molecule has 0 radical (unpaired) electrons. The Labute approximate surface area is 70.5 Å². The minimum atomic E-state index is -0.325. The molecule has 0 saturated heterocycles. The van der Waals surface area contributed by atoms with Gasteiger partial charge in [0, 0.05) is 0 Å². The number of benzene rings is 1. The number of fused-ring (bicyclic) bond motifs is 1. The van der Waals surface area contributed by atoms with Crippen LogP contribution in [0.3, 0.4) is 0 Å². The van der Waals surface area contributed by atoms with Crippen LogP contribution in [0.4, 0.5) is 0 Å². The van der Waals surface area contributed by atoms with E-state index >= 15 is 0 Å². The van der Waals surface area contributed by atoms with Crippen LogP contribution in [0.25, 0.3) is 10.9 Å². The van der Waals surface area contributed by atoms with E-state index in [1.807, 2.05) is 13.0 Å². The Morgan fingerprint density at radius 2 is 2.42 bits per heavy atom. The number of hydrogen-bond acceptors (Lipinski definition) is 2. The molecule has 0 saturated carbocycles. The standard InChI is InChI=1S/C9H8N2O/c1-6-2-3-8-7(4-6)9(12)11-5-10-8/h2-5H,1H3,(H,10,11,12)/i/hD. The van der Waals surface area contributed by atoms with Crippen molar-refractivity contribution in [2.45, 2.75) is 6.92 Å². The Morgan fingerprint density at radius 1 is 1.58 bits per heavy atom. The molecule has 1 heterocycles. The number of aryl methyl sites for hydroxylation is 1. The van der Waals surface area contributed by atoms with Gasteiger partial charge in [0.05, 0.1) is 17.2 Å². The number of hydrogen-bond donors (Lipinski definition) is 1. The van der Waals surface area contributed by atoms with Crippen LogP contribution in [0, 0.1) is 6.92 Å². The molecule has 0 bridgehead atoms. The van der Waals surface area contributed by atoms with E-state index in [2.05, 4.69) is 4.98 Å². The van der Waals surface area contributed by atoms with Crippen LogP contribution in [0.15, 0.2) is 29.3 Å². The third-order valence-electron chi connectivity index (χ3n) is 1.75. The van der Waals surface area contributed by atoms with Crippen molar-refractivity contribution in [3.63, 3.8) is 0 Å². The van der Waals surface area contributed by atoms with Crippen LogP contribution in [-0.2, 0) is 0 Å². The number of nitrogens with zero attached hydrogens (tertiary/aromatic N) is 1. The van der Waals surface area contributed by atoms with Gasteiger partial charge in [0.25, 0.3) is 5.56 Å². The minimum Gasteiger partial charge on any atom is -0.313 e. The van der Waals surface area contributed by atoms with E-state index in [-0.39, 0.29) is 5.56 Å². The summed E-state index contributed by atoms with van der Waals surface area (Å²) in [7, 11) is 0. The van der Waals surface area contributed by atoms with Gasteiger partial charge in [-0.1, -0.05) is 11.6 Å². The molecule has 2 aromatic rings. The molecule has 1 N–H and O–H groups in total. The number of aromatic nitrogens is 2. The summed E-state index contributed by atoms with van der Waals surface area (Å²) >= 11 is 0. The second-order valence-corrected chi connectivity index (χ2v) is 2.70. The summed E-state index contributed by atoms with van der Waals surface area (Å²) in [6.07, 6.45) is 1.21. The molecule has 0 aliphatic carbocycles. The molecular weight excluding hydrogens is 152 g/mol. The zero-order chi connectivity index (χ0) is 9.42. The van der Waals surface area contributed by atoms with Gasteiger partial charge < -0.3 is 4.98 Å². The predicted octanol–water partition coefficient (Wildman–Crippen LogP) is 1.23. The molecule has 12 heavy (non-hydrogen) atoms. The molecule has 0 aliphatic heterocycles. The van der Waals surface area contributed by atoms with Crippen LogP contribution < -0.4 is 5.56 Å². The normalized spacial score (nSPS) is 11.6. The average Bonchev–Trinajstić information content (AvgIpc) is 2.12. The molecule has 0 spiro atoms. The molecule has 0 atom stereocenters. The van der Waals surface area contributed by atoms with Crippen molar-refractivity contribution in [3.05, 3.63) is 40.4 Å². The SMILES string of the molecule is [2H]n1cnc2ccc(C)cc2c1=O. The first-order valence-electron chi connectivity index (χ1n) is 4.10. The van der Waals surface area contributed by atoms with E-state index in [9.17, 15) is 4.79 Å². The van der Waals surface area contributed by atoms with E-state index in [1.54, 1.807) is 12.1 Å². The zero-order valence-electron chi connectivity index (χ0n) is 7.61. The van der Waals surface area contributed by atoms with E-state index in [1.165, 1.54) is 6.33 Å². The minimum absolute atomic E-state index is 0.325. The summed E-state index contributed by atoms with van der Waals surface area (Å²) in [5, 5.41) is 0.498. The first-order valence-corrected chi connectivity index (χ1v) is 3.66. The Kier molecular flexibility index (Phi) is 1.21. The largest absolute Gasteiger partial charge is 0.313 e. The van der Waals surface area contributed by atoms with Gasteiger partial charge in [0.2, 0.25) is 0 Å². The highest BCUT2D eigenvalue weighted by Crippen LogP contribution is 2.07. The zero-order valence-corrected chi connectivity index (χ0v) is 6.61. The van der Waals surface area contributed by atoms with Crippen LogP contribution >= 0.6 is 0 Å². The van der Waals surface area contributed by atoms with Crippen LogP contribution in [0.2, 0.25) is 1.41 Å². The third kappa shape index (κ3) is 0.993. The van der Waals surface area contributed by atoms with Gasteiger partial charge in [-0.05, 0) is 19.1 Å². The third-order valence-corrected chi connectivity index (χ3v) is 1.75. The molecule has 1 aromatic heterocycles. The lowest BCUT2D eigenvalue weighted by Crippen LogP contribution is -2.05.